The van der Waals surface area contributed by atoms with Crippen LogP contribution in [0.15, 0.2) is 28.7 Å². The number of carbonyl (C=O) groups is 1. The van der Waals surface area contributed by atoms with Crippen LogP contribution in [0.4, 0.5) is 0 Å². The number of nitrogens with one attached hydrogen (secondary N) is 1. The smallest absolute Gasteiger partial charge is 0.279 e. The van der Waals surface area contributed by atoms with Crippen LogP contribution in [-0.2, 0) is 10.2 Å². The van der Waals surface area contributed by atoms with Gasteiger partial charge in [-0.1, -0.05) is 22.0 Å². The van der Waals surface area contributed by atoms with E-state index in [1.807, 2.05) is 12.1 Å². The second-order valence-corrected chi connectivity index (χ2v) is 8.31. The fourth-order valence-electron chi connectivity index (χ4n) is 2.32. The molecule has 1 aliphatic heterocycles. The van der Waals surface area contributed by atoms with E-state index >= 15 is 0 Å². The molecule has 0 spiro atoms. The average Bonchev–Trinajstić information content (AvgIpc) is 2.47. The van der Waals surface area contributed by atoms with Gasteiger partial charge in [-0.05, 0) is 31.0 Å². The Morgan fingerprint density at radius 1 is 1.32 bits per heavy atom. The van der Waals surface area contributed by atoms with Crippen LogP contribution in [0, 0.1) is 0 Å². The molecule has 1 heterocycles. The highest BCUT2D eigenvalue weighted by Gasteiger charge is 2.27. The second-order valence-electron chi connectivity index (χ2n) is 5.48. The number of halogens is 1. The van der Waals surface area contributed by atoms with Crippen LogP contribution in [0.2, 0.25) is 0 Å². The molecule has 1 fully saturated rings. The van der Waals surface area contributed by atoms with Crippen LogP contribution in [0.5, 0.6) is 0 Å². The van der Waals surface area contributed by atoms with Gasteiger partial charge >= 0.3 is 0 Å². The van der Waals surface area contributed by atoms with Gasteiger partial charge in [0.15, 0.2) is 0 Å². The van der Waals surface area contributed by atoms with Crippen LogP contribution < -0.4 is 4.72 Å². The lowest BCUT2D eigenvalue weighted by Crippen LogP contribution is -2.49. The summed E-state index contributed by atoms with van der Waals surface area (Å²) in [5.41, 5.74) is 0.640. The molecule has 122 valence electrons. The monoisotopic (exact) mass is 389 g/mol. The summed E-state index contributed by atoms with van der Waals surface area (Å²) in [6.07, 6.45) is 1.24. The zero-order valence-corrected chi connectivity index (χ0v) is 15.0. The molecule has 0 saturated carbocycles. The standard InChI is InChI=1S/C14H20BrN3O3S/c1-17(2)22(20,21)16-13-6-8-18(9-7-13)14(19)11-4-3-5-12(15)10-11/h3-5,10,13,16H,6-9H2,1-2H3. The SMILES string of the molecule is CN(C)S(=O)(=O)NC1CCN(C(=O)c2cccc(Br)c2)CC1. The maximum absolute atomic E-state index is 12.4. The molecule has 1 aromatic rings. The summed E-state index contributed by atoms with van der Waals surface area (Å²) in [7, 11) is -0.431. The molecule has 1 aliphatic rings. The van der Waals surface area contributed by atoms with Crippen molar-refractivity contribution in [3.8, 4) is 0 Å². The quantitative estimate of drug-likeness (QED) is 0.846. The molecule has 0 bridgehead atoms. The van der Waals surface area contributed by atoms with Gasteiger partial charge < -0.3 is 4.90 Å². The van der Waals surface area contributed by atoms with Gasteiger partial charge in [0.1, 0.15) is 0 Å². The highest BCUT2D eigenvalue weighted by molar-refractivity contribution is 9.10. The lowest BCUT2D eigenvalue weighted by molar-refractivity contribution is 0.0711. The van der Waals surface area contributed by atoms with E-state index in [-0.39, 0.29) is 11.9 Å². The van der Waals surface area contributed by atoms with Crippen molar-refractivity contribution in [1.29, 1.82) is 0 Å². The van der Waals surface area contributed by atoms with Crippen LogP contribution in [0.1, 0.15) is 23.2 Å². The Morgan fingerprint density at radius 2 is 1.95 bits per heavy atom. The first-order valence-corrected chi connectivity index (χ1v) is 9.27. The van der Waals surface area contributed by atoms with Gasteiger partial charge in [-0.2, -0.15) is 17.4 Å². The molecule has 0 atom stereocenters. The van der Waals surface area contributed by atoms with Crippen molar-refractivity contribution in [1.82, 2.24) is 13.9 Å². The molecular weight excluding hydrogens is 370 g/mol. The summed E-state index contributed by atoms with van der Waals surface area (Å²) in [5.74, 6) is -0.0183. The molecule has 1 amide bonds. The van der Waals surface area contributed by atoms with Gasteiger partial charge in [0.05, 0.1) is 0 Å². The summed E-state index contributed by atoms with van der Waals surface area (Å²) in [5, 5.41) is 0. The van der Waals surface area contributed by atoms with Gasteiger partial charge in [-0.3, -0.25) is 4.79 Å². The zero-order valence-electron chi connectivity index (χ0n) is 12.6. The van der Waals surface area contributed by atoms with Gasteiger partial charge in [0.25, 0.3) is 16.1 Å². The van der Waals surface area contributed by atoms with E-state index in [4.69, 9.17) is 0 Å². The lowest BCUT2D eigenvalue weighted by Gasteiger charge is -2.32. The van der Waals surface area contributed by atoms with Crippen molar-refractivity contribution >= 4 is 32.0 Å². The Hall–Kier alpha value is -0.960. The summed E-state index contributed by atoms with van der Waals surface area (Å²) in [6, 6.07) is 7.16. The molecule has 0 unspecified atom stereocenters. The maximum Gasteiger partial charge on any atom is 0.279 e. The van der Waals surface area contributed by atoms with Gasteiger partial charge in [0.2, 0.25) is 0 Å². The third kappa shape index (κ3) is 4.28. The van der Waals surface area contributed by atoms with E-state index < -0.39 is 10.2 Å². The number of nitrogens with zero attached hydrogens (tertiary/aromatic N) is 2. The Bertz CT molecular complexity index is 640. The number of piperidine rings is 1. The first-order chi connectivity index (χ1) is 10.3. The van der Waals surface area contributed by atoms with E-state index in [1.54, 1.807) is 17.0 Å². The number of benzene rings is 1. The summed E-state index contributed by atoms with van der Waals surface area (Å²) in [4.78, 5) is 14.2. The third-order valence-electron chi connectivity index (χ3n) is 3.65. The van der Waals surface area contributed by atoms with Crippen molar-refractivity contribution in [3.63, 3.8) is 0 Å². The molecule has 0 aliphatic carbocycles. The van der Waals surface area contributed by atoms with Gasteiger partial charge in [-0.15, -0.1) is 0 Å². The average molecular weight is 390 g/mol. The highest BCUT2D eigenvalue weighted by Crippen LogP contribution is 2.17. The van der Waals surface area contributed by atoms with E-state index in [9.17, 15) is 13.2 Å². The molecule has 6 nitrogen and oxygen atoms in total. The van der Waals surface area contributed by atoms with Crippen molar-refractivity contribution < 1.29 is 13.2 Å². The van der Waals surface area contributed by atoms with Crippen LogP contribution in [0.3, 0.4) is 0 Å². The highest BCUT2D eigenvalue weighted by atomic mass is 79.9. The number of carbonyl (C=O) groups excluding carboxylic acids is 1. The number of amides is 1. The molecule has 2 rings (SSSR count). The summed E-state index contributed by atoms with van der Waals surface area (Å²) >= 11 is 3.36. The van der Waals surface area contributed by atoms with Crippen molar-refractivity contribution in [3.05, 3.63) is 34.3 Å². The Morgan fingerprint density at radius 3 is 2.50 bits per heavy atom. The molecule has 1 aromatic carbocycles. The van der Waals surface area contributed by atoms with Crippen LogP contribution in [-0.4, -0.2) is 56.8 Å². The predicted molar refractivity (Wildman–Crippen MR) is 88.8 cm³/mol. The fraction of sp³-hybridized carbons (Fsp3) is 0.500. The molecule has 22 heavy (non-hydrogen) atoms. The number of hydrogen-bond donors (Lipinski definition) is 1. The van der Waals surface area contributed by atoms with Crippen LogP contribution >= 0.6 is 15.9 Å². The minimum atomic E-state index is -3.42. The van der Waals surface area contributed by atoms with E-state index in [2.05, 4.69) is 20.7 Å². The number of likely N-dealkylation sites (tertiary alicyclic amines) is 1. The Kier molecular flexibility index (Phi) is 5.60. The van der Waals surface area contributed by atoms with Crippen molar-refractivity contribution in [2.75, 3.05) is 27.2 Å². The van der Waals surface area contributed by atoms with E-state index in [0.717, 1.165) is 8.78 Å². The molecular formula is C14H20BrN3O3S. The molecule has 0 radical (unpaired) electrons. The van der Waals surface area contributed by atoms with Crippen molar-refractivity contribution in [2.24, 2.45) is 0 Å². The minimum Gasteiger partial charge on any atom is -0.339 e. The largest absolute Gasteiger partial charge is 0.339 e. The minimum absolute atomic E-state index is 0.0183. The van der Waals surface area contributed by atoms with Crippen molar-refractivity contribution in [2.45, 2.75) is 18.9 Å². The van der Waals surface area contributed by atoms with E-state index in [0.29, 0.717) is 31.5 Å². The first-order valence-electron chi connectivity index (χ1n) is 7.04. The van der Waals surface area contributed by atoms with E-state index in [1.165, 1.54) is 14.1 Å². The summed E-state index contributed by atoms with van der Waals surface area (Å²) < 4.78 is 28.3. The molecule has 0 aromatic heterocycles. The predicted octanol–water partition coefficient (Wildman–Crippen LogP) is 1.45. The Labute approximate surface area is 139 Å². The first kappa shape index (κ1) is 17.4. The third-order valence-corrected chi connectivity index (χ3v) is 5.74. The fourth-order valence-corrected chi connectivity index (χ4v) is 3.59. The summed E-state index contributed by atoms with van der Waals surface area (Å²) in [6.45, 7) is 1.10. The number of hydrogen-bond acceptors (Lipinski definition) is 3. The normalized spacial score (nSPS) is 17.0. The van der Waals surface area contributed by atoms with Gasteiger partial charge in [0, 0.05) is 43.3 Å². The Balaban J connectivity index is 1.94. The molecule has 8 heteroatoms. The second kappa shape index (κ2) is 7.08. The topological polar surface area (TPSA) is 69.7 Å². The van der Waals surface area contributed by atoms with Gasteiger partial charge in [-0.25, -0.2) is 0 Å². The van der Waals surface area contributed by atoms with Crippen LogP contribution in [0.25, 0.3) is 0 Å². The molecule has 1 N–H and O–H groups in total. The number of rotatable bonds is 4. The lowest BCUT2D eigenvalue weighted by atomic mass is 10.0. The maximum atomic E-state index is 12.4. The molecule has 1 saturated heterocycles. The zero-order chi connectivity index (χ0) is 16.3.